The number of rotatable bonds is 7. The molecule has 0 saturated heterocycles. The minimum absolute atomic E-state index is 0.320. The Bertz CT molecular complexity index is 384. The Morgan fingerprint density at radius 3 is 3.05 bits per heavy atom. The van der Waals surface area contributed by atoms with Gasteiger partial charge in [0.05, 0.1) is 25.9 Å². The third kappa shape index (κ3) is 4.28. The topological polar surface area (TPSA) is 33.7 Å². The van der Waals surface area contributed by atoms with E-state index in [0.717, 1.165) is 39.5 Å². The third-order valence-corrected chi connectivity index (χ3v) is 3.53. The Morgan fingerprint density at radius 1 is 1.37 bits per heavy atom. The number of hydrogen-bond acceptors (Lipinski definition) is 4. The molecular formula is C15H24N2O2. The van der Waals surface area contributed by atoms with Gasteiger partial charge in [0.25, 0.3) is 0 Å². The molecule has 0 radical (unpaired) electrons. The van der Waals surface area contributed by atoms with Gasteiger partial charge < -0.3 is 19.7 Å². The molecule has 0 aliphatic carbocycles. The molecule has 0 saturated carbocycles. The summed E-state index contributed by atoms with van der Waals surface area (Å²) in [7, 11) is 3.86. The van der Waals surface area contributed by atoms with E-state index in [1.54, 1.807) is 7.11 Å². The molecule has 1 N–H and O–H groups in total. The maximum Gasteiger partial charge on any atom is 0.0721 e. The van der Waals surface area contributed by atoms with Gasteiger partial charge in [-0.2, -0.15) is 0 Å². The largest absolute Gasteiger partial charge is 0.383 e. The van der Waals surface area contributed by atoms with Crippen LogP contribution in [0, 0.1) is 0 Å². The molecule has 19 heavy (non-hydrogen) atoms. The Morgan fingerprint density at radius 2 is 2.21 bits per heavy atom. The summed E-state index contributed by atoms with van der Waals surface area (Å²) in [6.07, 6.45) is 0. The van der Waals surface area contributed by atoms with Crippen molar-refractivity contribution in [3.63, 3.8) is 0 Å². The second-order valence-corrected chi connectivity index (χ2v) is 5.02. The first-order valence-corrected chi connectivity index (χ1v) is 6.87. The molecule has 4 heteroatoms. The molecule has 0 amide bonds. The first kappa shape index (κ1) is 14.5. The quantitative estimate of drug-likeness (QED) is 0.808. The fourth-order valence-corrected chi connectivity index (χ4v) is 2.34. The van der Waals surface area contributed by atoms with Crippen molar-refractivity contribution in [1.29, 1.82) is 0 Å². The fourth-order valence-electron chi connectivity index (χ4n) is 2.34. The van der Waals surface area contributed by atoms with Gasteiger partial charge in [-0.1, -0.05) is 24.3 Å². The predicted molar refractivity (Wildman–Crippen MR) is 76.2 cm³/mol. The highest BCUT2D eigenvalue weighted by Crippen LogP contribution is 2.23. The first-order valence-electron chi connectivity index (χ1n) is 6.87. The standard InChI is InChI=1S/C15H24N2O2/c1-17(9-10-18-2)8-7-16-15-12-19-11-13-5-3-4-6-14(13)15/h3-6,15-16H,7-12H2,1-2H3. The second kappa shape index (κ2) is 7.60. The number of nitrogens with zero attached hydrogens (tertiary/aromatic N) is 1. The average molecular weight is 264 g/mol. The van der Waals surface area contributed by atoms with Crippen molar-refractivity contribution < 1.29 is 9.47 Å². The predicted octanol–water partition coefficient (Wildman–Crippen LogP) is 1.43. The van der Waals surface area contributed by atoms with Crippen molar-refractivity contribution in [2.45, 2.75) is 12.6 Å². The molecular weight excluding hydrogens is 240 g/mol. The van der Waals surface area contributed by atoms with Crippen molar-refractivity contribution >= 4 is 0 Å². The van der Waals surface area contributed by atoms with Crippen LogP contribution < -0.4 is 5.32 Å². The van der Waals surface area contributed by atoms with Crippen LogP contribution >= 0.6 is 0 Å². The molecule has 1 unspecified atom stereocenters. The molecule has 1 aliphatic rings. The minimum atomic E-state index is 0.320. The Labute approximate surface area is 115 Å². The van der Waals surface area contributed by atoms with Crippen LogP contribution in [0.4, 0.5) is 0 Å². The Hall–Kier alpha value is -0.940. The second-order valence-electron chi connectivity index (χ2n) is 5.02. The number of methoxy groups -OCH3 is 1. The summed E-state index contributed by atoms with van der Waals surface area (Å²) in [6.45, 7) is 5.23. The molecule has 0 aromatic heterocycles. The lowest BCUT2D eigenvalue weighted by Gasteiger charge is -2.27. The zero-order chi connectivity index (χ0) is 13.5. The Balaban J connectivity index is 1.78. The molecule has 106 valence electrons. The van der Waals surface area contributed by atoms with E-state index in [4.69, 9.17) is 9.47 Å². The SMILES string of the molecule is COCCN(C)CCNC1COCc2ccccc21. The summed E-state index contributed by atoms with van der Waals surface area (Å²) in [6, 6.07) is 8.84. The van der Waals surface area contributed by atoms with Gasteiger partial charge in [-0.3, -0.25) is 0 Å². The average Bonchev–Trinajstić information content (AvgIpc) is 2.45. The van der Waals surface area contributed by atoms with Gasteiger partial charge in [0.2, 0.25) is 0 Å². The summed E-state index contributed by atoms with van der Waals surface area (Å²) in [5.41, 5.74) is 2.69. The summed E-state index contributed by atoms with van der Waals surface area (Å²) < 4.78 is 10.7. The van der Waals surface area contributed by atoms with Crippen LogP contribution in [-0.4, -0.2) is 51.9 Å². The van der Waals surface area contributed by atoms with Crippen LogP contribution in [-0.2, 0) is 16.1 Å². The van der Waals surface area contributed by atoms with E-state index < -0.39 is 0 Å². The number of hydrogen-bond donors (Lipinski definition) is 1. The monoisotopic (exact) mass is 264 g/mol. The maximum absolute atomic E-state index is 5.63. The zero-order valence-electron chi connectivity index (χ0n) is 11.9. The van der Waals surface area contributed by atoms with Gasteiger partial charge >= 0.3 is 0 Å². The summed E-state index contributed by atoms with van der Waals surface area (Å²) in [5.74, 6) is 0. The minimum Gasteiger partial charge on any atom is -0.383 e. The van der Waals surface area contributed by atoms with Crippen LogP contribution in [0.2, 0.25) is 0 Å². The summed E-state index contributed by atoms with van der Waals surface area (Å²) >= 11 is 0. The van der Waals surface area contributed by atoms with Gasteiger partial charge in [-0.25, -0.2) is 0 Å². The zero-order valence-corrected chi connectivity index (χ0v) is 11.9. The summed E-state index contributed by atoms with van der Waals surface area (Å²) in [4.78, 5) is 2.27. The van der Waals surface area contributed by atoms with Crippen molar-refractivity contribution in [2.75, 3.05) is 47.0 Å². The summed E-state index contributed by atoms with van der Waals surface area (Å²) in [5, 5.41) is 3.58. The van der Waals surface area contributed by atoms with E-state index in [2.05, 4.69) is 41.5 Å². The van der Waals surface area contributed by atoms with Gasteiger partial charge in [0.15, 0.2) is 0 Å². The smallest absolute Gasteiger partial charge is 0.0721 e. The van der Waals surface area contributed by atoms with Crippen LogP contribution in [0.1, 0.15) is 17.2 Å². The lowest BCUT2D eigenvalue weighted by molar-refractivity contribution is 0.0810. The highest BCUT2D eigenvalue weighted by molar-refractivity contribution is 5.30. The van der Waals surface area contributed by atoms with E-state index in [1.807, 2.05) is 0 Å². The maximum atomic E-state index is 5.63. The number of nitrogens with one attached hydrogen (secondary N) is 1. The van der Waals surface area contributed by atoms with Crippen molar-refractivity contribution in [2.24, 2.45) is 0 Å². The van der Waals surface area contributed by atoms with E-state index in [-0.39, 0.29) is 0 Å². The lowest BCUT2D eigenvalue weighted by Crippen LogP contribution is -2.36. The highest BCUT2D eigenvalue weighted by atomic mass is 16.5. The molecule has 1 heterocycles. The van der Waals surface area contributed by atoms with Gasteiger partial charge in [-0.05, 0) is 18.2 Å². The number of ether oxygens (including phenoxy) is 2. The molecule has 0 bridgehead atoms. The van der Waals surface area contributed by atoms with E-state index in [9.17, 15) is 0 Å². The molecule has 0 fully saturated rings. The number of benzene rings is 1. The van der Waals surface area contributed by atoms with E-state index in [0.29, 0.717) is 6.04 Å². The molecule has 0 spiro atoms. The molecule has 1 aliphatic heterocycles. The Kier molecular flexibility index (Phi) is 5.79. The lowest BCUT2D eigenvalue weighted by atomic mass is 9.99. The molecule has 1 atom stereocenters. The van der Waals surface area contributed by atoms with E-state index >= 15 is 0 Å². The molecule has 4 nitrogen and oxygen atoms in total. The molecule has 1 aromatic carbocycles. The van der Waals surface area contributed by atoms with E-state index in [1.165, 1.54) is 11.1 Å². The van der Waals surface area contributed by atoms with Crippen LogP contribution in [0.25, 0.3) is 0 Å². The third-order valence-electron chi connectivity index (χ3n) is 3.53. The van der Waals surface area contributed by atoms with Gasteiger partial charge in [0.1, 0.15) is 0 Å². The van der Waals surface area contributed by atoms with Crippen LogP contribution in [0.15, 0.2) is 24.3 Å². The normalized spacial score (nSPS) is 18.6. The molecule has 1 aromatic rings. The van der Waals surface area contributed by atoms with Gasteiger partial charge in [0, 0.05) is 26.7 Å². The van der Waals surface area contributed by atoms with Crippen LogP contribution in [0.5, 0.6) is 0 Å². The first-order chi connectivity index (χ1) is 9.31. The van der Waals surface area contributed by atoms with Gasteiger partial charge in [-0.15, -0.1) is 0 Å². The fraction of sp³-hybridized carbons (Fsp3) is 0.600. The van der Waals surface area contributed by atoms with Crippen molar-refractivity contribution in [1.82, 2.24) is 10.2 Å². The van der Waals surface area contributed by atoms with Crippen LogP contribution in [0.3, 0.4) is 0 Å². The molecule has 2 rings (SSSR count). The number of fused-ring (bicyclic) bond motifs is 1. The van der Waals surface area contributed by atoms with Crippen molar-refractivity contribution in [3.8, 4) is 0 Å². The highest BCUT2D eigenvalue weighted by Gasteiger charge is 2.19. The number of likely N-dealkylation sites (N-methyl/N-ethyl adjacent to an activating group) is 1. The van der Waals surface area contributed by atoms with Crippen molar-refractivity contribution in [3.05, 3.63) is 35.4 Å².